The topological polar surface area (TPSA) is 96.3 Å². The SMILES string of the molecule is Cc1ccccc1-n1nc(-c2c(N3CCN(C(=O)OC(C)(C)C)CC3)n[nH]c2-c2ccc(F)cc2)ccc1=O. The fourth-order valence-electron chi connectivity index (χ4n) is 4.57. The fourth-order valence-corrected chi connectivity index (χ4v) is 4.57. The van der Waals surface area contributed by atoms with E-state index in [0.29, 0.717) is 54.6 Å². The molecule has 1 amide bonds. The first-order chi connectivity index (χ1) is 18.6. The molecule has 1 aliphatic heterocycles. The molecule has 3 heterocycles. The van der Waals surface area contributed by atoms with Gasteiger partial charge in [0.05, 0.1) is 22.6 Å². The van der Waals surface area contributed by atoms with Crippen molar-refractivity contribution in [2.75, 3.05) is 31.1 Å². The number of hydrogen-bond donors (Lipinski definition) is 1. The number of piperazine rings is 1. The van der Waals surface area contributed by atoms with E-state index in [4.69, 9.17) is 9.84 Å². The van der Waals surface area contributed by atoms with Crippen LogP contribution in [0.5, 0.6) is 0 Å². The van der Waals surface area contributed by atoms with Crippen LogP contribution < -0.4 is 10.5 Å². The Labute approximate surface area is 225 Å². The summed E-state index contributed by atoms with van der Waals surface area (Å²) >= 11 is 0. The van der Waals surface area contributed by atoms with Crippen LogP contribution in [0.15, 0.2) is 65.5 Å². The van der Waals surface area contributed by atoms with E-state index in [2.05, 4.69) is 15.1 Å². The molecule has 0 radical (unpaired) electrons. The van der Waals surface area contributed by atoms with E-state index in [1.54, 1.807) is 23.1 Å². The second kappa shape index (κ2) is 10.4. The smallest absolute Gasteiger partial charge is 0.410 e. The van der Waals surface area contributed by atoms with Gasteiger partial charge in [-0.3, -0.25) is 9.89 Å². The van der Waals surface area contributed by atoms with Crippen molar-refractivity contribution in [2.24, 2.45) is 0 Å². The molecule has 1 aliphatic rings. The van der Waals surface area contributed by atoms with E-state index < -0.39 is 5.60 Å². The first kappa shape index (κ1) is 26.1. The number of amides is 1. The highest BCUT2D eigenvalue weighted by atomic mass is 19.1. The van der Waals surface area contributed by atoms with E-state index in [0.717, 1.165) is 11.1 Å². The molecule has 2 aromatic heterocycles. The average molecular weight is 531 g/mol. The number of aromatic nitrogens is 4. The minimum atomic E-state index is -0.570. The molecule has 0 atom stereocenters. The Bertz CT molecular complexity index is 1550. The molecule has 5 rings (SSSR count). The van der Waals surface area contributed by atoms with Crippen molar-refractivity contribution < 1.29 is 13.9 Å². The Morgan fingerprint density at radius 3 is 2.33 bits per heavy atom. The van der Waals surface area contributed by atoms with Gasteiger partial charge in [0, 0.05) is 37.8 Å². The molecule has 202 valence electrons. The van der Waals surface area contributed by atoms with Gasteiger partial charge in [-0.05, 0) is 69.7 Å². The number of carbonyl (C=O) groups excluding carboxylic acids is 1. The van der Waals surface area contributed by atoms with Crippen LogP contribution in [0, 0.1) is 12.7 Å². The number of carbonyl (C=O) groups is 1. The minimum absolute atomic E-state index is 0.257. The summed E-state index contributed by atoms with van der Waals surface area (Å²) in [5, 5.41) is 12.5. The Kier molecular flexibility index (Phi) is 6.94. The van der Waals surface area contributed by atoms with Gasteiger partial charge >= 0.3 is 6.09 Å². The van der Waals surface area contributed by atoms with Gasteiger partial charge in [0.1, 0.15) is 11.4 Å². The summed E-state index contributed by atoms with van der Waals surface area (Å²) in [4.78, 5) is 29.2. The highest BCUT2D eigenvalue weighted by Gasteiger charge is 2.29. The van der Waals surface area contributed by atoms with Crippen LogP contribution in [0.4, 0.5) is 15.0 Å². The van der Waals surface area contributed by atoms with Crippen LogP contribution in [0.3, 0.4) is 0 Å². The molecule has 1 fully saturated rings. The van der Waals surface area contributed by atoms with E-state index in [1.807, 2.05) is 52.0 Å². The highest BCUT2D eigenvalue weighted by Crippen LogP contribution is 2.37. The van der Waals surface area contributed by atoms with Gasteiger partial charge in [-0.25, -0.2) is 9.18 Å². The molecule has 39 heavy (non-hydrogen) atoms. The first-order valence-electron chi connectivity index (χ1n) is 12.8. The fraction of sp³-hybridized carbons (Fsp3) is 0.310. The van der Waals surface area contributed by atoms with Crippen LogP contribution in [0.2, 0.25) is 0 Å². The number of halogens is 1. The third-order valence-electron chi connectivity index (χ3n) is 6.51. The van der Waals surface area contributed by atoms with Crippen molar-refractivity contribution in [1.82, 2.24) is 24.9 Å². The zero-order valence-electron chi connectivity index (χ0n) is 22.4. The van der Waals surface area contributed by atoms with Crippen LogP contribution in [-0.2, 0) is 4.74 Å². The van der Waals surface area contributed by atoms with Crippen LogP contribution in [0.25, 0.3) is 28.2 Å². The summed E-state index contributed by atoms with van der Waals surface area (Å²) in [5.74, 6) is 0.296. The lowest BCUT2D eigenvalue weighted by Crippen LogP contribution is -2.50. The number of benzene rings is 2. The number of ether oxygens (including phenoxy) is 1. The van der Waals surface area contributed by atoms with Gasteiger partial charge in [-0.2, -0.15) is 14.9 Å². The summed E-state index contributed by atoms with van der Waals surface area (Å²) < 4.78 is 20.6. The summed E-state index contributed by atoms with van der Waals surface area (Å²) in [5.41, 5.74) is 3.38. The number of nitrogens with one attached hydrogen (secondary N) is 1. The molecular formula is C29H31FN6O3. The number of nitrogens with zero attached hydrogens (tertiary/aromatic N) is 5. The van der Waals surface area contributed by atoms with Gasteiger partial charge in [0.15, 0.2) is 5.82 Å². The maximum Gasteiger partial charge on any atom is 0.410 e. The number of H-pyrrole nitrogens is 1. The van der Waals surface area contributed by atoms with Crippen LogP contribution >= 0.6 is 0 Å². The lowest BCUT2D eigenvalue weighted by atomic mass is 10.0. The summed E-state index contributed by atoms with van der Waals surface area (Å²) in [6.07, 6.45) is -0.344. The zero-order chi connectivity index (χ0) is 27.7. The maximum atomic E-state index is 13.7. The van der Waals surface area contributed by atoms with Crippen molar-refractivity contribution in [3.63, 3.8) is 0 Å². The maximum absolute atomic E-state index is 13.7. The summed E-state index contributed by atoms with van der Waals surface area (Å²) in [6, 6.07) is 16.8. The molecule has 0 bridgehead atoms. The average Bonchev–Trinajstić information content (AvgIpc) is 3.34. The van der Waals surface area contributed by atoms with Gasteiger partial charge in [0.25, 0.3) is 5.56 Å². The quantitative estimate of drug-likeness (QED) is 0.408. The van der Waals surface area contributed by atoms with Crippen molar-refractivity contribution in [3.8, 4) is 28.2 Å². The standard InChI is InChI=1S/C29H31FN6O3/c1-19-7-5-6-8-23(19)36-24(37)14-13-22(33-36)25-26(20-9-11-21(30)12-10-20)31-32-27(25)34-15-17-35(18-16-34)28(38)39-29(2,3)4/h5-14H,15-18H2,1-4H3,(H,31,32). The van der Waals surface area contributed by atoms with Crippen molar-refractivity contribution >= 4 is 11.9 Å². The highest BCUT2D eigenvalue weighted by molar-refractivity contribution is 5.87. The third kappa shape index (κ3) is 5.55. The molecule has 0 unspecified atom stereocenters. The predicted octanol–water partition coefficient (Wildman–Crippen LogP) is 4.79. The Hall–Kier alpha value is -4.47. The molecule has 0 spiro atoms. The summed E-state index contributed by atoms with van der Waals surface area (Å²) in [7, 11) is 0. The number of aromatic amines is 1. The number of rotatable bonds is 4. The van der Waals surface area contributed by atoms with Crippen LogP contribution in [-0.4, -0.2) is 62.8 Å². The molecule has 4 aromatic rings. The zero-order valence-corrected chi connectivity index (χ0v) is 22.4. The Balaban J connectivity index is 1.54. The number of hydrogen-bond acceptors (Lipinski definition) is 6. The molecule has 2 aromatic carbocycles. The van der Waals surface area contributed by atoms with Crippen molar-refractivity contribution in [3.05, 3.63) is 82.4 Å². The molecule has 10 heteroatoms. The molecule has 0 aliphatic carbocycles. The van der Waals surface area contributed by atoms with E-state index in [1.165, 1.54) is 22.9 Å². The second-order valence-corrected chi connectivity index (χ2v) is 10.5. The predicted molar refractivity (Wildman–Crippen MR) is 148 cm³/mol. The normalized spacial score (nSPS) is 14.0. The Morgan fingerprint density at radius 1 is 0.974 bits per heavy atom. The number of anilines is 1. The van der Waals surface area contributed by atoms with E-state index >= 15 is 0 Å². The molecule has 1 N–H and O–H groups in total. The first-order valence-corrected chi connectivity index (χ1v) is 12.8. The number of para-hydroxylation sites is 1. The molecule has 9 nitrogen and oxygen atoms in total. The van der Waals surface area contributed by atoms with E-state index in [-0.39, 0.29) is 17.5 Å². The van der Waals surface area contributed by atoms with Crippen LogP contribution in [0.1, 0.15) is 26.3 Å². The van der Waals surface area contributed by atoms with Gasteiger partial charge < -0.3 is 14.5 Å². The van der Waals surface area contributed by atoms with Gasteiger partial charge in [-0.15, -0.1) is 0 Å². The van der Waals surface area contributed by atoms with E-state index in [9.17, 15) is 14.0 Å². The lowest BCUT2D eigenvalue weighted by molar-refractivity contribution is 0.0240. The largest absolute Gasteiger partial charge is 0.444 e. The van der Waals surface area contributed by atoms with Gasteiger partial charge in [0.2, 0.25) is 0 Å². The lowest BCUT2D eigenvalue weighted by Gasteiger charge is -2.36. The number of aryl methyl sites for hydroxylation is 1. The monoisotopic (exact) mass is 530 g/mol. The third-order valence-corrected chi connectivity index (χ3v) is 6.51. The molecular weight excluding hydrogens is 499 g/mol. The second-order valence-electron chi connectivity index (χ2n) is 10.5. The van der Waals surface area contributed by atoms with Crippen molar-refractivity contribution in [1.29, 1.82) is 0 Å². The molecule has 0 saturated carbocycles. The van der Waals surface area contributed by atoms with Gasteiger partial charge in [-0.1, -0.05) is 18.2 Å². The Morgan fingerprint density at radius 2 is 1.67 bits per heavy atom. The summed E-state index contributed by atoms with van der Waals surface area (Å²) in [6.45, 7) is 9.43. The minimum Gasteiger partial charge on any atom is -0.444 e. The van der Waals surface area contributed by atoms with Crippen molar-refractivity contribution in [2.45, 2.75) is 33.3 Å². The molecule has 1 saturated heterocycles.